The Kier molecular flexibility index (Phi) is 4.84. The highest BCUT2D eigenvalue weighted by molar-refractivity contribution is 5.59. The quantitative estimate of drug-likeness (QED) is 0.885. The van der Waals surface area contributed by atoms with Crippen molar-refractivity contribution in [3.8, 4) is 6.07 Å². The monoisotopic (exact) mass is 362 g/mol. The summed E-state index contributed by atoms with van der Waals surface area (Å²) in [5, 5.41) is 9.28. The van der Waals surface area contributed by atoms with Crippen molar-refractivity contribution in [2.75, 3.05) is 41.7 Å². The van der Waals surface area contributed by atoms with Crippen LogP contribution >= 0.6 is 0 Å². The lowest BCUT2D eigenvalue weighted by Crippen LogP contribution is -2.32. The Morgan fingerprint density at radius 2 is 1.77 bits per heavy atom. The SMILES string of the molecule is N#Cc1cc(N)cnc1N1CCCN(c2ccc(C(F)(F)F)cn2)CC1. The predicted molar refractivity (Wildman–Crippen MR) is 91.6 cm³/mol. The van der Waals surface area contributed by atoms with Gasteiger partial charge in [-0.2, -0.15) is 18.4 Å². The van der Waals surface area contributed by atoms with E-state index in [9.17, 15) is 18.4 Å². The van der Waals surface area contributed by atoms with E-state index in [-0.39, 0.29) is 0 Å². The summed E-state index contributed by atoms with van der Waals surface area (Å²) in [6, 6.07) is 6.12. The number of hydrogen-bond donors (Lipinski definition) is 1. The molecular formula is C17H17F3N6. The van der Waals surface area contributed by atoms with Crippen LogP contribution in [-0.4, -0.2) is 36.1 Å². The van der Waals surface area contributed by atoms with Crippen LogP contribution in [0.5, 0.6) is 0 Å². The lowest BCUT2D eigenvalue weighted by Gasteiger charge is -2.24. The van der Waals surface area contributed by atoms with Crippen molar-refractivity contribution in [3.05, 3.63) is 41.7 Å². The number of alkyl halides is 3. The molecule has 0 bridgehead atoms. The second-order valence-electron chi connectivity index (χ2n) is 5.98. The van der Waals surface area contributed by atoms with Gasteiger partial charge in [0, 0.05) is 32.4 Å². The third-order valence-corrected chi connectivity index (χ3v) is 4.20. The van der Waals surface area contributed by atoms with E-state index < -0.39 is 11.7 Å². The molecule has 0 atom stereocenters. The summed E-state index contributed by atoms with van der Waals surface area (Å²) in [4.78, 5) is 12.1. The summed E-state index contributed by atoms with van der Waals surface area (Å²) in [5.74, 6) is 1.08. The third kappa shape index (κ3) is 3.79. The average molecular weight is 362 g/mol. The fourth-order valence-corrected chi connectivity index (χ4v) is 2.91. The fourth-order valence-electron chi connectivity index (χ4n) is 2.91. The van der Waals surface area contributed by atoms with Gasteiger partial charge in [0.1, 0.15) is 17.7 Å². The number of anilines is 3. The number of rotatable bonds is 2. The molecule has 26 heavy (non-hydrogen) atoms. The molecule has 6 nitrogen and oxygen atoms in total. The predicted octanol–water partition coefficient (Wildman–Crippen LogP) is 2.67. The molecule has 2 N–H and O–H groups in total. The summed E-state index contributed by atoms with van der Waals surface area (Å²) < 4.78 is 38.0. The number of pyridine rings is 2. The second-order valence-corrected chi connectivity index (χ2v) is 5.98. The lowest BCUT2D eigenvalue weighted by molar-refractivity contribution is -0.137. The van der Waals surface area contributed by atoms with Crippen LogP contribution in [0.3, 0.4) is 0 Å². The second kappa shape index (κ2) is 7.07. The van der Waals surface area contributed by atoms with Crippen LogP contribution < -0.4 is 15.5 Å². The number of nitrogen functional groups attached to an aromatic ring is 1. The highest BCUT2D eigenvalue weighted by Crippen LogP contribution is 2.29. The van der Waals surface area contributed by atoms with Gasteiger partial charge >= 0.3 is 6.18 Å². The standard InChI is InChI=1S/C17H17F3N6/c18-17(19,20)13-2-3-15(23-10-13)25-4-1-5-26(7-6-25)16-12(9-21)8-14(22)11-24-16/h2-3,8,10-11H,1,4-7,22H2. The van der Waals surface area contributed by atoms with E-state index in [0.29, 0.717) is 49.1 Å². The number of aromatic nitrogens is 2. The Labute approximate surface area is 148 Å². The first kappa shape index (κ1) is 17.8. The number of nitrogens with two attached hydrogens (primary N) is 1. The number of nitrogens with zero attached hydrogens (tertiary/aromatic N) is 5. The molecule has 2 aromatic rings. The highest BCUT2D eigenvalue weighted by atomic mass is 19.4. The number of nitriles is 1. The van der Waals surface area contributed by atoms with Gasteiger partial charge in [0.25, 0.3) is 0 Å². The summed E-state index contributed by atoms with van der Waals surface area (Å²) >= 11 is 0. The molecule has 3 heterocycles. The van der Waals surface area contributed by atoms with Crippen LogP contribution in [0.2, 0.25) is 0 Å². The zero-order valence-corrected chi connectivity index (χ0v) is 13.9. The van der Waals surface area contributed by atoms with Gasteiger partial charge < -0.3 is 15.5 Å². The van der Waals surface area contributed by atoms with Crippen molar-refractivity contribution in [1.82, 2.24) is 9.97 Å². The zero-order valence-electron chi connectivity index (χ0n) is 13.9. The Morgan fingerprint density at radius 1 is 1.04 bits per heavy atom. The maximum atomic E-state index is 12.7. The molecule has 9 heteroatoms. The maximum Gasteiger partial charge on any atom is 0.417 e. The van der Waals surface area contributed by atoms with E-state index in [1.165, 1.54) is 12.3 Å². The molecule has 0 saturated carbocycles. The summed E-state index contributed by atoms with van der Waals surface area (Å²) in [7, 11) is 0. The normalized spacial score (nSPS) is 15.5. The third-order valence-electron chi connectivity index (χ3n) is 4.20. The molecule has 0 aromatic carbocycles. The van der Waals surface area contributed by atoms with Gasteiger partial charge in [-0.05, 0) is 24.6 Å². The van der Waals surface area contributed by atoms with Gasteiger partial charge in [-0.15, -0.1) is 0 Å². The molecule has 2 aromatic heterocycles. The molecule has 0 aliphatic carbocycles. The summed E-state index contributed by atoms with van der Waals surface area (Å²) in [6.07, 6.45) is -1.27. The van der Waals surface area contributed by atoms with Crippen LogP contribution in [0, 0.1) is 11.3 Å². The largest absolute Gasteiger partial charge is 0.417 e. The molecule has 1 saturated heterocycles. The highest BCUT2D eigenvalue weighted by Gasteiger charge is 2.31. The first-order valence-electron chi connectivity index (χ1n) is 8.07. The van der Waals surface area contributed by atoms with Crippen molar-refractivity contribution >= 4 is 17.3 Å². The van der Waals surface area contributed by atoms with Crippen molar-refractivity contribution in [2.45, 2.75) is 12.6 Å². The minimum absolute atomic E-state index is 0.408. The minimum Gasteiger partial charge on any atom is -0.397 e. The smallest absolute Gasteiger partial charge is 0.397 e. The Hall–Kier alpha value is -3.02. The van der Waals surface area contributed by atoms with Gasteiger partial charge in [0.2, 0.25) is 0 Å². The summed E-state index contributed by atoms with van der Waals surface area (Å²) in [5.41, 5.74) is 5.75. The first-order valence-corrected chi connectivity index (χ1v) is 8.07. The van der Waals surface area contributed by atoms with Crippen molar-refractivity contribution < 1.29 is 13.2 Å². The number of hydrogen-bond acceptors (Lipinski definition) is 6. The molecule has 136 valence electrons. The van der Waals surface area contributed by atoms with E-state index in [2.05, 4.69) is 16.0 Å². The molecule has 0 unspecified atom stereocenters. The minimum atomic E-state index is -4.39. The van der Waals surface area contributed by atoms with E-state index >= 15 is 0 Å². The molecule has 3 rings (SSSR count). The first-order chi connectivity index (χ1) is 12.4. The van der Waals surface area contributed by atoms with Crippen molar-refractivity contribution in [1.29, 1.82) is 5.26 Å². The van der Waals surface area contributed by atoms with Crippen LogP contribution in [0.15, 0.2) is 30.6 Å². The topological polar surface area (TPSA) is 82.1 Å². The van der Waals surface area contributed by atoms with E-state index in [1.54, 1.807) is 6.07 Å². The Morgan fingerprint density at radius 3 is 2.42 bits per heavy atom. The van der Waals surface area contributed by atoms with Gasteiger partial charge in [-0.3, -0.25) is 0 Å². The number of halogens is 3. The van der Waals surface area contributed by atoms with Gasteiger partial charge in [-0.1, -0.05) is 0 Å². The molecule has 0 spiro atoms. The molecule has 0 amide bonds. The maximum absolute atomic E-state index is 12.7. The molecular weight excluding hydrogens is 345 g/mol. The van der Waals surface area contributed by atoms with Crippen LogP contribution in [0.25, 0.3) is 0 Å². The average Bonchev–Trinajstić information content (AvgIpc) is 2.87. The van der Waals surface area contributed by atoms with E-state index in [4.69, 9.17) is 5.73 Å². The lowest BCUT2D eigenvalue weighted by atomic mass is 10.2. The van der Waals surface area contributed by atoms with Gasteiger partial charge in [0.05, 0.1) is 23.0 Å². The molecule has 1 aliphatic rings. The van der Waals surface area contributed by atoms with Crippen LogP contribution in [0.1, 0.15) is 17.5 Å². The van der Waals surface area contributed by atoms with Gasteiger partial charge in [-0.25, -0.2) is 9.97 Å². The molecule has 0 radical (unpaired) electrons. The van der Waals surface area contributed by atoms with Crippen molar-refractivity contribution in [3.63, 3.8) is 0 Å². The van der Waals surface area contributed by atoms with E-state index in [0.717, 1.165) is 18.7 Å². The summed E-state index contributed by atoms with van der Waals surface area (Å²) in [6.45, 7) is 2.48. The fraction of sp³-hybridized carbons (Fsp3) is 0.353. The molecule has 1 aliphatic heterocycles. The van der Waals surface area contributed by atoms with Crippen LogP contribution in [0.4, 0.5) is 30.5 Å². The van der Waals surface area contributed by atoms with Gasteiger partial charge in [0.15, 0.2) is 0 Å². The zero-order chi connectivity index (χ0) is 18.7. The van der Waals surface area contributed by atoms with E-state index in [1.807, 2.05) is 9.80 Å². The Bertz CT molecular complexity index is 813. The Balaban J connectivity index is 1.74. The van der Waals surface area contributed by atoms with Crippen molar-refractivity contribution in [2.24, 2.45) is 0 Å². The van der Waals surface area contributed by atoms with Crippen LogP contribution in [-0.2, 0) is 6.18 Å². The molecule has 1 fully saturated rings.